The van der Waals surface area contributed by atoms with Crippen molar-refractivity contribution in [1.82, 2.24) is 10.4 Å². The highest BCUT2D eigenvalue weighted by Crippen LogP contribution is 2.18. The summed E-state index contributed by atoms with van der Waals surface area (Å²) in [5.74, 6) is 5.28. The normalized spacial score (nSPS) is 13.9. The summed E-state index contributed by atoms with van der Waals surface area (Å²) in [4.78, 5) is 5.39. The third-order valence-corrected chi connectivity index (χ3v) is 3.41. The van der Waals surface area contributed by atoms with Crippen molar-refractivity contribution in [2.45, 2.75) is 32.5 Å². The van der Waals surface area contributed by atoms with Crippen LogP contribution in [-0.2, 0) is 11.2 Å². The van der Waals surface area contributed by atoms with Gasteiger partial charge in [0.2, 0.25) is 0 Å². The lowest BCUT2D eigenvalue weighted by Crippen LogP contribution is -2.41. The van der Waals surface area contributed by atoms with Crippen LogP contribution >= 0.6 is 11.3 Å². The molecule has 18 heavy (non-hydrogen) atoms. The largest absolute Gasteiger partial charge is 0.411 e. The molecule has 1 atom stereocenters. The van der Waals surface area contributed by atoms with Gasteiger partial charge in [-0.15, -0.1) is 11.3 Å². The molecule has 0 bridgehead atoms. The SMILES string of the molecule is Cc1nc(CC(COCC(F)(F)F)NN)sc1C. The van der Waals surface area contributed by atoms with Gasteiger partial charge in [-0.05, 0) is 13.8 Å². The van der Waals surface area contributed by atoms with Crippen LogP contribution in [0.1, 0.15) is 15.6 Å². The van der Waals surface area contributed by atoms with Gasteiger partial charge < -0.3 is 4.74 Å². The van der Waals surface area contributed by atoms with Gasteiger partial charge >= 0.3 is 6.18 Å². The Kier molecular flexibility index (Phi) is 5.51. The van der Waals surface area contributed by atoms with E-state index in [4.69, 9.17) is 5.84 Å². The maximum Gasteiger partial charge on any atom is 0.411 e. The Morgan fingerprint density at radius 1 is 1.44 bits per heavy atom. The first-order chi connectivity index (χ1) is 8.31. The van der Waals surface area contributed by atoms with E-state index in [-0.39, 0.29) is 12.6 Å². The first-order valence-corrected chi connectivity index (χ1v) is 6.17. The number of rotatable bonds is 6. The highest BCUT2D eigenvalue weighted by atomic mass is 32.1. The Bertz CT molecular complexity index is 361. The van der Waals surface area contributed by atoms with Gasteiger partial charge in [0, 0.05) is 11.3 Å². The van der Waals surface area contributed by atoms with Gasteiger partial charge in [-0.25, -0.2) is 4.98 Å². The second kappa shape index (κ2) is 6.46. The summed E-state index contributed by atoms with van der Waals surface area (Å²) in [5, 5.41) is 0.837. The lowest BCUT2D eigenvalue weighted by Gasteiger charge is -2.15. The van der Waals surface area contributed by atoms with Gasteiger partial charge in [0.1, 0.15) is 6.61 Å². The summed E-state index contributed by atoms with van der Waals surface area (Å²) in [6.07, 6.45) is -3.86. The molecule has 0 radical (unpaired) electrons. The van der Waals surface area contributed by atoms with E-state index in [1.807, 2.05) is 13.8 Å². The van der Waals surface area contributed by atoms with Crippen molar-refractivity contribution in [1.29, 1.82) is 0 Å². The molecule has 1 heterocycles. The Morgan fingerprint density at radius 3 is 2.56 bits per heavy atom. The van der Waals surface area contributed by atoms with Crippen LogP contribution in [-0.4, -0.2) is 30.4 Å². The van der Waals surface area contributed by atoms with Gasteiger partial charge in [-0.2, -0.15) is 13.2 Å². The minimum atomic E-state index is -4.31. The fourth-order valence-electron chi connectivity index (χ4n) is 1.32. The number of nitrogens with one attached hydrogen (secondary N) is 1. The van der Waals surface area contributed by atoms with Crippen LogP contribution in [0, 0.1) is 13.8 Å². The minimum Gasteiger partial charge on any atom is -0.370 e. The second-order valence-corrected chi connectivity index (χ2v) is 5.23. The third kappa shape index (κ3) is 5.30. The number of ether oxygens (including phenoxy) is 1. The van der Waals surface area contributed by atoms with Crippen LogP contribution in [0.15, 0.2) is 0 Å². The molecule has 0 saturated carbocycles. The number of hydrogen-bond donors (Lipinski definition) is 2. The number of thiazole rings is 1. The zero-order valence-electron chi connectivity index (χ0n) is 10.2. The Balaban J connectivity index is 2.42. The summed E-state index contributed by atoms with van der Waals surface area (Å²) in [5.41, 5.74) is 3.37. The highest BCUT2D eigenvalue weighted by molar-refractivity contribution is 7.11. The number of aromatic nitrogens is 1. The van der Waals surface area contributed by atoms with Gasteiger partial charge in [-0.1, -0.05) is 0 Å². The molecule has 0 amide bonds. The predicted octanol–water partition coefficient (Wildman–Crippen LogP) is 1.71. The van der Waals surface area contributed by atoms with Crippen LogP contribution in [0.3, 0.4) is 0 Å². The van der Waals surface area contributed by atoms with Gasteiger partial charge in [0.15, 0.2) is 0 Å². The predicted molar refractivity (Wildman–Crippen MR) is 63.3 cm³/mol. The summed E-state index contributed by atoms with van der Waals surface area (Å²) in [6.45, 7) is 2.47. The molecule has 1 aromatic heterocycles. The average Bonchev–Trinajstić information content (AvgIpc) is 2.55. The van der Waals surface area contributed by atoms with Gasteiger partial charge in [0.05, 0.1) is 23.4 Å². The number of nitrogens with zero attached hydrogens (tertiary/aromatic N) is 1. The van der Waals surface area contributed by atoms with E-state index in [1.165, 1.54) is 11.3 Å². The standard InChI is InChI=1S/C10H16F3N3OS/c1-6-7(2)18-9(15-6)3-8(16-14)4-17-5-10(11,12)13/h8,16H,3-5,14H2,1-2H3. The van der Waals surface area contributed by atoms with E-state index < -0.39 is 12.8 Å². The van der Waals surface area contributed by atoms with Crippen molar-refractivity contribution >= 4 is 11.3 Å². The fourth-order valence-corrected chi connectivity index (χ4v) is 2.33. The van der Waals surface area contributed by atoms with Crippen molar-refractivity contribution in [3.05, 3.63) is 15.6 Å². The lowest BCUT2D eigenvalue weighted by molar-refractivity contribution is -0.175. The topological polar surface area (TPSA) is 60.2 Å². The maximum absolute atomic E-state index is 11.9. The molecule has 4 nitrogen and oxygen atoms in total. The minimum absolute atomic E-state index is 0.103. The van der Waals surface area contributed by atoms with Gasteiger partial charge in [0.25, 0.3) is 0 Å². The molecule has 1 aromatic rings. The van der Waals surface area contributed by atoms with Crippen molar-refractivity contribution < 1.29 is 17.9 Å². The third-order valence-electron chi connectivity index (χ3n) is 2.31. The van der Waals surface area contributed by atoms with Crippen molar-refractivity contribution in [3.63, 3.8) is 0 Å². The number of alkyl halides is 3. The number of hydrazine groups is 1. The monoisotopic (exact) mass is 283 g/mol. The van der Waals surface area contributed by atoms with E-state index in [0.29, 0.717) is 6.42 Å². The summed E-state index contributed by atoms with van der Waals surface area (Å²) in [7, 11) is 0. The molecule has 0 aliphatic carbocycles. The van der Waals surface area contributed by atoms with Crippen molar-refractivity contribution in [3.8, 4) is 0 Å². The molecule has 104 valence electrons. The zero-order valence-corrected chi connectivity index (χ0v) is 11.0. The first-order valence-electron chi connectivity index (χ1n) is 5.35. The van der Waals surface area contributed by atoms with E-state index >= 15 is 0 Å². The molecule has 3 N–H and O–H groups in total. The summed E-state index contributed by atoms with van der Waals surface area (Å²) in [6, 6.07) is -0.378. The molecule has 0 aromatic carbocycles. The molecule has 0 aliphatic heterocycles. The quantitative estimate of drug-likeness (QED) is 0.616. The van der Waals surface area contributed by atoms with Crippen LogP contribution in [0.25, 0.3) is 0 Å². The van der Waals surface area contributed by atoms with E-state index in [1.54, 1.807) is 0 Å². The van der Waals surface area contributed by atoms with Crippen LogP contribution in [0.4, 0.5) is 13.2 Å². The number of nitrogens with two attached hydrogens (primary N) is 1. The maximum atomic E-state index is 11.9. The highest BCUT2D eigenvalue weighted by Gasteiger charge is 2.28. The molecule has 8 heteroatoms. The van der Waals surface area contributed by atoms with E-state index in [0.717, 1.165) is 15.6 Å². The Morgan fingerprint density at radius 2 is 2.11 bits per heavy atom. The van der Waals surface area contributed by atoms with Crippen LogP contribution in [0.2, 0.25) is 0 Å². The van der Waals surface area contributed by atoms with Crippen molar-refractivity contribution in [2.24, 2.45) is 5.84 Å². The zero-order chi connectivity index (χ0) is 13.8. The van der Waals surface area contributed by atoms with Crippen molar-refractivity contribution in [2.75, 3.05) is 13.2 Å². The fraction of sp³-hybridized carbons (Fsp3) is 0.700. The molecule has 0 saturated heterocycles. The van der Waals surface area contributed by atoms with E-state index in [2.05, 4.69) is 15.1 Å². The number of halogens is 3. The Hall–Kier alpha value is -0.700. The smallest absolute Gasteiger partial charge is 0.370 e. The molecular formula is C10H16F3N3OS. The summed E-state index contributed by atoms with van der Waals surface area (Å²) >= 11 is 1.51. The second-order valence-electron chi connectivity index (χ2n) is 3.95. The lowest BCUT2D eigenvalue weighted by atomic mass is 10.2. The molecule has 0 fully saturated rings. The summed E-state index contributed by atoms with van der Waals surface area (Å²) < 4.78 is 40.3. The average molecular weight is 283 g/mol. The number of hydrogen-bond acceptors (Lipinski definition) is 5. The molecule has 1 unspecified atom stereocenters. The molecule has 1 rings (SSSR count). The van der Waals surface area contributed by atoms with Crippen LogP contribution in [0.5, 0.6) is 0 Å². The molecule has 0 spiro atoms. The van der Waals surface area contributed by atoms with E-state index in [9.17, 15) is 13.2 Å². The van der Waals surface area contributed by atoms with Gasteiger partial charge in [-0.3, -0.25) is 11.3 Å². The molecular weight excluding hydrogens is 267 g/mol. The van der Waals surface area contributed by atoms with Crippen LogP contribution < -0.4 is 11.3 Å². The first kappa shape index (κ1) is 15.4. The Labute approximate surface area is 107 Å². The molecule has 0 aliphatic rings. The number of aryl methyl sites for hydroxylation is 2.